The van der Waals surface area contributed by atoms with Crippen molar-refractivity contribution in [2.75, 3.05) is 19.7 Å². The van der Waals surface area contributed by atoms with E-state index in [0.717, 1.165) is 0 Å². The molecule has 6 nitrogen and oxygen atoms in total. The summed E-state index contributed by atoms with van der Waals surface area (Å²) in [5.41, 5.74) is 0.0624. The highest BCUT2D eigenvalue weighted by Crippen LogP contribution is 2.59. The predicted octanol–water partition coefficient (Wildman–Crippen LogP) is 2.54. The Hall–Kier alpha value is -2.22. The zero-order valence-electron chi connectivity index (χ0n) is 14.5. The van der Waals surface area contributed by atoms with Crippen molar-refractivity contribution in [1.29, 1.82) is 0 Å². The molecule has 1 unspecified atom stereocenters. The van der Waals surface area contributed by atoms with Crippen LogP contribution < -0.4 is 4.74 Å². The number of rotatable bonds is 5. The lowest BCUT2D eigenvalue weighted by atomic mass is 10.1. The molecule has 1 aromatic rings. The number of carbonyl (C=O) groups excluding carboxylic acids is 1. The van der Waals surface area contributed by atoms with Crippen molar-refractivity contribution in [3.05, 3.63) is 29.8 Å². The van der Waals surface area contributed by atoms with Gasteiger partial charge in [-0.25, -0.2) is 0 Å². The van der Waals surface area contributed by atoms with Gasteiger partial charge in [-0.05, 0) is 23.1 Å². The van der Waals surface area contributed by atoms with E-state index in [2.05, 4.69) is 4.74 Å². The number of aliphatic carboxylic acids is 1. The van der Waals surface area contributed by atoms with Crippen molar-refractivity contribution in [2.45, 2.75) is 26.6 Å². The molecule has 142 valence electrons. The third-order valence-electron chi connectivity index (χ3n) is 5.19. The number of nitrogens with zero attached hydrogens (tertiary/aromatic N) is 1. The number of ether oxygens (including phenoxy) is 2. The Bertz CT molecular complexity index is 709. The highest BCUT2D eigenvalue weighted by Gasteiger charge is 2.66. The number of hydrogen-bond donors (Lipinski definition) is 1. The van der Waals surface area contributed by atoms with Gasteiger partial charge in [-0.15, -0.1) is 0 Å². The molecule has 3 rings (SSSR count). The van der Waals surface area contributed by atoms with Gasteiger partial charge in [-0.2, -0.15) is 8.78 Å². The van der Waals surface area contributed by atoms with E-state index in [1.54, 1.807) is 30.9 Å². The van der Waals surface area contributed by atoms with Crippen molar-refractivity contribution in [3.63, 3.8) is 0 Å². The highest BCUT2D eigenvalue weighted by molar-refractivity contribution is 5.91. The van der Waals surface area contributed by atoms with Gasteiger partial charge in [0.1, 0.15) is 11.9 Å². The van der Waals surface area contributed by atoms with Crippen molar-refractivity contribution in [1.82, 2.24) is 4.90 Å². The van der Waals surface area contributed by atoms with E-state index < -0.39 is 35.9 Å². The summed E-state index contributed by atoms with van der Waals surface area (Å²) in [6.45, 7) is 1.55. The lowest BCUT2D eigenvalue weighted by Crippen LogP contribution is -2.43. The highest BCUT2D eigenvalue weighted by atomic mass is 19.3. The molecule has 2 aliphatic rings. The van der Waals surface area contributed by atoms with Crippen LogP contribution in [0.1, 0.15) is 25.5 Å². The number of benzene rings is 1. The first-order valence-corrected chi connectivity index (χ1v) is 8.39. The predicted molar refractivity (Wildman–Crippen MR) is 86.7 cm³/mol. The van der Waals surface area contributed by atoms with Crippen molar-refractivity contribution < 1.29 is 33.0 Å². The molecule has 0 aromatic heterocycles. The standard InChI is InChI=1S/C18H21F2NO5/c1-18(2)13(14(18)16(23)24)15(22)21-6-7-25-12(9-21)10-4-3-5-11(8-10)26-17(19)20/h3-5,8,12-14,17H,6-7,9H2,1-2H3,(H,23,24)/t12?,13-,14+/m1/s1. The lowest BCUT2D eigenvalue weighted by Gasteiger charge is -2.33. The van der Waals surface area contributed by atoms with Gasteiger partial charge in [0.15, 0.2) is 0 Å². The summed E-state index contributed by atoms with van der Waals surface area (Å²) in [5.74, 6) is -2.36. The second-order valence-corrected chi connectivity index (χ2v) is 7.21. The molecule has 0 bridgehead atoms. The second kappa shape index (κ2) is 6.83. The maximum atomic E-state index is 12.8. The Morgan fingerprint density at radius 2 is 2.08 bits per heavy atom. The zero-order chi connectivity index (χ0) is 19.1. The van der Waals surface area contributed by atoms with Crippen LogP contribution in [0, 0.1) is 17.3 Å². The molecule has 1 heterocycles. The van der Waals surface area contributed by atoms with Crippen molar-refractivity contribution in [2.24, 2.45) is 17.3 Å². The monoisotopic (exact) mass is 369 g/mol. The Labute approximate surface area is 149 Å². The second-order valence-electron chi connectivity index (χ2n) is 7.21. The topological polar surface area (TPSA) is 76.1 Å². The van der Waals surface area contributed by atoms with Crippen molar-refractivity contribution in [3.8, 4) is 5.75 Å². The number of hydrogen-bond acceptors (Lipinski definition) is 4. The molecule has 0 spiro atoms. The number of amides is 1. The number of carboxylic acid groups (broad SMARTS) is 1. The third kappa shape index (κ3) is 3.51. The number of halogens is 2. The summed E-state index contributed by atoms with van der Waals surface area (Å²) in [7, 11) is 0. The molecule has 1 aliphatic heterocycles. The van der Waals surface area contributed by atoms with Gasteiger partial charge in [0.2, 0.25) is 5.91 Å². The largest absolute Gasteiger partial charge is 0.481 e. The first kappa shape index (κ1) is 18.6. The van der Waals surface area contributed by atoms with Crippen LogP contribution in [0.2, 0.25) is 0 Å². The molecule has 1 saturated carbocycles. The molecule has 26 heavy (non-hydrogen) atoms. The van der Waals surface area contributed by atoms with E-state index in [9.17, 15) is 23.5 Å². The Morgan fingerprint density at radius 1 is 1.35 bits per heavy atom. The minimum atomic E-state index is -2.92. The maximum absolute atomic E-state index is 12.8. The van der Waals surface area contributed by atoms with Gasteiger partial charge in [-0.1, -0.05) is 26.0 Å². The SMILES string of the molecule is CC1(C)[C@H](C(=O)O)[C@@H]1C(=O)N1CCOC(c2cccc(OC(F)F)c2)C1. The molecule has 1 aromatic carbocycles. The number of carbonyl (C=O) groups is 2. The fourth-order valence-corrected chi connectivity index (χ4v) is 3.70. The van der Waals surface area contributed by atoms with E-state index in [1.165, 1.54) is 12.1 Å². The van der Waals surface area contributed by atoms with Gasteiger partial charge in [0, 0.05) is 6.54 Å². The van der Waals surface area contributed by atoms with E-state index in [0.29, 0.717) is 18.7 Å². The number of carboxylic acids is 1. The van der Waals surface area contributed by atoms with Gasteiger partial charge >= 0.3 is 12.6 Å². The van der Waals surface area contributed by atoms with Crippen LogP contribution in [0.3, 0.4) is 0 Å². The Kier molecular flexibility index (Phi) is 4.88. The number of alkyl halides is 2. The van der Waals surface area contributed by atoms with Gasteiger partial charge in [0.25, 0.3) is 0 Å². The zero-order valence-corrected chi connectivity index (χ0v) is 14.5. The minimum Gasteiger partial charge on any atom is -0.481 e. The quantitative estimate of drug-likeness (QED) is 0.863. The molecular weight excluding hydrogens is 348 g/mol. The normalized spacial score (nSPS) is 27.3. The summed E-state index contributed by atoms with van der Waals surface area (Å²) >= 11 is 0. The summed E-state index contributed by atoms with van der Waals surface area (Å²) in [4.78, 5) is 25.7. The third-order valence-corrected chi connectivity index (χ3v) is 5.19. The summed E-state index contributed by atoms with van der Waals surface area (Å²) < 4.78 is 34.8. The molecule has 1 aliphatic carbocycles. The average Bonchev–Trinajstić information content (AvgIpc) is 3.16. The molecule has 2 fully saturated rings. The molecule has 8 heteroatoms. The van der Waals surface area contributed by atoms with Crippen LogP contribution >= 0.6 is 0 Å². The molecule has 3 atom stereocenters. The van der Waals surface area contributed by atoms with Crippen LogP contribution in [0.15, 0.2) is 24.3 Å². The molecule has 1 N–H and O–H groups in total. The van der Waals surface area contributed by atoms with Crippen LogP contribution in [-0.2, 0) is 14.3 Å². The Morgan fingerprint density at radius 3 is 2.69 bits per heavy atom. The van der Waals surface area contributed by atoms with Crippen LogP contribution in [0.4, 0.5) is 8.78 Å². The van der Waals surface area contributed by atoms with Crippen LogP contribution in [0.25, 0.3) is 0 Å². The summed E-state index contributed by atoms with van der Waals surface area (Å²) in [6, 6.07) is 6.19. The van der Waals surface area contributed by atoms with Gasteiger partial charge in [-0.3, -0.25) is 9.59 Å². The first-order valence-electron chi connectivity index (χ1n) is 8.39. The van der Waals surface area contributed by atoms with E-state index in [4.69, 9.17) is 4.74 Å². The molecule has 1 amide bonds. The summed E-state index contributed by atoms with van der Waals surface area (Å²) in [6.07, 6.45) is -0.473. The fraction of sp³-hybridized carbons (Fsp3) is 0.556. The first-order chi connectivity index (χ1) is 12.2. The van der Waals surface area contributed by atoms with E-state index in [1.807, 2.05) is 0 Å². The molecular formula is C18H21F2NO5. The number of morpholine rings is 1. The summed E-state index contributed by atoms with van der Waals surface area (Å²) in [5, 5.41) is 9.27. The average molecular weight is 369 g/mol. The van der Waals surface area contributed by atoms with E-state index in [-0.39, 0.29) is 18.2 Å². The molecule has 0 radical (unpaired) electrons. The van der Waals surface area contributed by atoms with Gasteiger partial charge in [0.05, 0.1) is 25.0 Å². The Balaban J connectivity index is 1.70. The van der Waals surface area contributed by atoms with Crippen molar-refractivity contribution >= 4 is 11.9 Å². The van der Waals surface area contributed by atoms with E-state index >= 15 is 0 Å². The fourth-order valence-electron chi connectivity index (χ4n) is 3.70. The smallest absolute Gasteiger partial charge is 0.387 e. The van der Waals surface area contributed by atoms with Gasteiger partial charge < -0.3 is 19.5 Å². The lowest BCUT2D eigenvalue weighted by molar-refractivity contribution is -0.145. The van der Waals surface area contributed by atoms with Crippen LogP contribution in [-0.4, -0.2) is 48.2 Å². The molecule has 1 saturated heterocycles. The van der Waals surface area contributed by atoms with Crippen LogP contribution in [0.5, 0.6) is 5.75 Å². The minimum absolute atomic E-state index is 0.0267. The maximum Gasteiger partial charge on any atom is 0.387 e.